The molecule has 2 heterocycles. The third-order valence-electron chi connectivity index (χ3n) is 4.37. The molecule has 0 saturated carbocycles. The predicted molar refractivity (Wildman–Crippen MR) is 73.4 cm³/mol. The van der Waals surface area contributed by atoms with Crippen LogP contribution < -0.4 is 10.4 Å². The number of rotatable bonds is 0. The first-order valence-corrected chi connectivity index (χ1v) is 6.53. The van der Waals surface area contributed by atoms with E-state index in [0.717, 1.165) is 12.1 Å². The Hall–Kier alpha value is -1.19. The number of hydrogen-bond acceptors (Lipinski definition) is 3. The molecule has 18 heavy (non-hydrogen) atoms. The van der Waals surface area contributed by atoms with E-state index < -0.39 is 5.72 Å². The van der Waals surface area contributed by atoms with Crippen molar-refractivity contribution in [2.24, 2.45) is 0 Å². The molecule has 0 aromatic heterocycles. The summed E-state index contributed by atoms with van der Waals surface area (Å²) >= 11 is 5.80. The lowest BCUT2D eigenvalue weighted by Gasteiger charge is -2.40. The van der Waals surface area contributed by atoms with Crippen LogP contribution in [0, 0.1) is 0 Å². The van der Waals surface area contributed by atoms with E-state index in [4.69, 9.17) is 16.4 Å². The fraction of sp³-hybridized carbons (Fsp3) is 0.429. The molecule has 1 N–H and O–H groups in total. The number of para-hydroxylation sites is 1. The van der Waals surface area contributed by atoms with Crippen LogP contribution in [0.5, 0.6) is 0 Å². The van der Waals surface area contributed by atoms with E-state index in [0.29, 0.717) is 0 Å². The maximum atomic E-state index is 5.94. The van der Waals surface area contributed by atoms with Crippen LogP contribution in [0.4, 0.5) is 5.69 Å². The van der Waals surface area contributed by atoms with Gasteiger partial charge in [-0.1, -0.05) is 43.6 Å². The average Bonchev–Trinajstić information content (AvgIpc) is 2.89. The van der Waals surface area contributed by atoms with Crippen molar-refractivity contribution in [1.29, 1.82) is 0 Å². The molecule has 1 aromatic carbocycles. The van der Waals surface area contributed by atoms with Gasteiger partial charge in [-0.25, -0.2) is 4.84 Å². The van der Waals surface area contributed by atoms with Gasteiger partial charge in [0.05, 0.1) is 5.70 Å². The monoisotopic (exact) mass is 264 g/mol. The van der Waals surface area contributed by atoms with Crippen LogP contribution in [0.25, 0.3) is 0 Å². The zero-order valence-corrected chi connectivity index (χ0v) is 11.6. The van der Waals surface area contributed by atoms with Gasteiger partial charge in [-0.3, -0.25) is 5.48 Å². The Labute approximate surface area is 112 Å². The van der Waals surface area contributed by atoms with Gasteiger partial charge in [0.15, 0.2) is 5.72 Å². The lowest BCUT2D eigenvalue weighted by molar-refractivity contribution is -0.0848. The van der Waals surface area contributed by atoms with Crippen LogP contribution in [-0.4, -0.2) is 12.8 Å². The summed E-state index contributed by atoms with van der Waals surface area (Å²) < 4.78 is 0. The number of benzene rings is 1. The van der Waals surface area contributed by atoms with Crippen molar-refractivity contribution in [2.45, 2.75) is 31.4 Å². The molecule has 0 aliphatic carbocycles. The second-order valence-corrected chi connectivity index (χ2v) is 5.72. The first kappa shape index (κ1) is 11.9. The van der Waals surface area contributed by atoms with Gasteiger partial charge in [0, 0.05) is 30.1 Å². The van der Waals surface area contributed by atoms with Crippen molar-refractivity contribution in [3.05, 3.63) is 41.1 Å². The molecule has 2 aliphatic heterocycles. The Morgan fingerprint density at radius 1 is 1.39 bits per heavy atom. The highest BCUT2D eigenvalue weighted by atomic mass is 35.5. The number of likely N-dealkylation sites (N-methyl/N-ethyl adjacent to an activating group) is 1. The minimum absolute atomic E-state index is 0.104. The van der Waals surface area contributed by atoms with Crippen LogP contribution in [0.15, 0.2) is 35.5 Å². The summed E-state index contributed by atoms with van der Waals surface area (Å²) in [5.74, 6) is 0. The molecule has 1 saturated heterocycles. The molecule has 1 fully saturated rings. The molecular weight excluding hydrogens is 248 g/mol. The molecule has 0 unspecified atom stereocenters. The van der Waals surface area contributed by atoms with E-state index in [1.807, 2.05) is 0 Å². The molecular formula is C14H17ClN2O. The fourth-order valence-corrected chi connectivity index (χ4v) is 3.32. The summed E-state index contributed by atoms with van der Waals surface area (Å²) in [7, 11) is 2.08. The Balaban J connectivity index is 2.15. The summed E-state index contributed by atoms with van der Waals surface area (Å²) in [5.41, 5.74) is 7.45. The summed E-state index contributed by atoms with van der Waals surface area (Å²) in [6.45, 7) is 4.43. The number of nitrogens with one attached hydrogen (secondary N) is 1. The van der Waals surface area contributed by atoms with Crippen molar-refractivity contribution in [3.63, 3.8) is 0 Å². The maximum Gasteiger partial charge on any atom is 0.182 e. The van der Waals surface area contributed by atoms with Gasteiger partial charge < -0.3 is 4.90 Å². The molecule has 96 valence electrons. The van der Waals surface area contributed by atoms with Crippen molar-refractivity contribution in [2.75, 3.05) is 11.9 Å². The molecule has 4 heteroatoms. The second kappa shape index (κ2) is 3.65. The lowest BCUT2D eigenvalue weighted by Crippen LogP contribution is -2.54. The van der Waals surface area contributed by atoms with Gasteiger partial charge in [-0.2, -0.15) is 0 Å². The van der Waals surface area contributed by atoms with E-state index in [9.17, 15) is 0 Å². The SMILES string of the molecule is CN1c2ccccc2C(C)(C)[C@@]12C/C(=C/Cl)NO2. The zero-order chi connectivity index (χ0) is 13.0. The Morgan fingerprint density at radius 3 is 2.72 bits per heavy atom. The first-order valence-electron chi connectivity index (χ1n) is 6.09. The summed E-state index contributed by atoms with van der Waals surface area (Å²) in [5, 5.41) is 0. The highest BCUT2D eigenvalue weighted by molar-refractivity contribution is 6.25. The Bertz CT molecular complexity index is 526. The van der Waals surface area contributed by atoms with Crippen molar-refractivity contribution < 1.29 is 4.84 Å². The third kappa shape index (κ3) is 1.24. The van der Waals surface area contributed by atoms with Gasteiger partial charge >= 0.3 is 0 Å². The largest absolute Gasteiger partial charge is 0.343 e. The fourth-order valence-electron chi connectivity index (χ4n) is 3.20. The topological polar surface area (TPSA) is 24.5 Å². The van der Waals surface area contributed by atoms with Gasteiger partial charge in [0.25, 0.3) is 0 Å². The predicted octanol–water partition coefficient (Wildman–Crippen LogP) is 3.12. The van der Waals surface area contributed by atoms with Crippen molar-refractivity contribution >= 4 is 17.3 Å². The van der Waals surface area contributed by atoms with Crippen molar-refractivity contribution in [3.8, 4) is 0 Å². The highest BCUT2D eigenvalue weighted by Gasteiger charge is 2.60. The summed E-state index contributed by atoms with van der Waals surface area (Å²) in [6, 6.07) is 8.45. The lowest BCUT2D eigenvalue weighted by atomic mass is 9.76. The minimum Gasteiger partial charge on any atom is -0.343 e. The smallest absolute Gasteiger partial charge is 0.182 e. The van der Waals surface area contributed by atoms with Gasteiger partial charge in [0.1, 0.15) is 0 Å². The molecule has 3 nitrogen and oxygen atoms in total. The quantitative estimate of drug-likeness (QED) is 0.779. The minimum atomic E-state index is -0.405. The summed E-state index contributed by atoms with van der Waals surface area (Å²) in [4.78, 5) is 8.15. The third-order valence-corrected chi connectivity index (χ3v) is 4.63. The van der Waals surface area contributed by atoms with E-state index in [2.05, 4.69) is 55.5 Å². The normalized spacial score (nSPS) is 30.9. The van der Waals surface area contributed by atoms with E-state index in [1.165, 1.54) is 11.3 Å². The van der Waals surface area contributed by atoms with Crippen molar-refractivity contribution in [1.82, 2.24) is 5.48 Å². The van der Waals surface area contributed by atoms with Crippen LogP contribution in [0.1, 0.15) is 25.8 Å². The molecule has 1 spiro atoms. The van der Waals surface area contributed by atoms with Crippen LogP contribution in [-0.2, 0) is 10.3 Å². The van der Waals surface area contributed by atoms with Crippen LogP contribution in [0.3, 0.4) is 0 Å². The van der Waals surface area contributed by atoms with Gasteiger partial charge in [0.2, 0.25) is 0 Å². The Kier molecular flexibility index (Phi) is 2.41. The number of nitrogens with zero attached hydrogens (tertiary/aromatic N) is 1. The molecule has 0 amide bonds. The second-order valence-electron chi connectivity index (χ2n) is 5.50. The highest BCUT2D eigenvalue weighted by Crippen LogP contribution is 2.55. The molecule has 1 atom stereocenters. The van der Waals surface area contributed by atoms with Crippen LogP contribution >= 0.6 is 11.6 Å². The first-order chi connectivity index (χ1) is 8.53. The number of halogens is 1. The van der Waals surface area contributed by atoms with E-state index in [1.54, 1.807) is 5.54 Å². The standard InChI is InChI=1S/C14H17ClN2O/c1-13(2)11-6-4-5-7-12(11)17(3)14(13)8-10(9-15)16-18-14/h4-7,9,16H,8H2,1-3H3/b10-9-/t14-/m0/s1. The molecule has 2 aliphatic rings. The Morgan fingerprint density at radius 2 is 2.11 bits per heavy atom. The summed E-state index contributed by atoms with van der Waals surface area (Å²) in [6.07, 6.45) is 0.759. The number of hydrogen-bond donors (Lipinski definition) is 1. The number of fused-ring (bicyclic) bond motifs is 1. The molecule has 3 rings (SSSR count). The molecule has 0 bridgehead atoms. The average molecular weight is 265 g/mol. The number of hydroxylamine groups is 1. The zero-order valence-electron chi connectivity index (χ0n) is 10.8. The van der Waals surface area contributed by atoms with E-state index >= 15 is 0 Å². The van der Waals surface area contributed by atoms with Gasteiger partial charge in [-0.05, 0) is 11.6 Å². The van der Waals surface area contributed by atoms with E-state index in [-0.39, 0.29) is 5.41 Å². The maximum absolute atomic E-state index is 5.94. The van der Waals surface area contributed by atoms with Crippen LogP contribution in [0.2, 0.25) is 0 Å². The van der Waals surface area contributed by atoms with Gasteiger partial charge in [-0.15, -0.1) is 0 Å². The number of anilines is 1. The molecule has 1 aromatic rings. The molecule has 0 radical (unpaired) electrons.